The van der Waals surface area contributed by atoms with Crippen LogP contribution in [0.15, 0.2) is 78.9 Å². The standard InChI is InChI=1S/C28H25N3O4/c1-30-22-15-9-8-14-21(22)25(26(30)18-10-4-3-5-11-18)27-19-12-6-7-13-20(19)28(34)31(27)17-23(32)29-16-24(33)35-2/h3-15,27H,16-17H2,1-2H3,(H,29,32)/t27-/m1/s1. The summed E-state index contributed by atoms with van der Waals surface area (Å²) in [7, 11) is 3.28. The highest BCUT2D eigenvalue weighted by atomic mass is 16.5. The van der Waals surface area contributed by atoms with Crippen molar-refractivity contribution in [3.63, 3.8) is 0 Å². The minimum atomic E-state index is -0.550. The van der Waals surface area contributed by atoms with Crippen molar-refractivity contribution in [3.8, 4) is 11.3 Å². The second-order valence-corrected chi connectivity index (χ2v) is 8.48. The molecule has 7 heteroatoms. The SMILES string of the molecule is COC(=O)CNC(=O)CN1C(=O)c2ccccc2[C@@H]1c1c(-c2ccccc2)n(C)c2ccccc12. The molecule has 0 fully saturated rings. The monoisotopic (exact) mass is 467 g/mol. The van der Waals surface area contributed by atoms with E-state index in [1.165, 1.54) is 7.11 Å². The number of nitrogens with zero attached hydrogens (tertiary/aromatic N) is 2. The molecule has 4 aromatic rings. The maximum Gasteiger partial charge on any atom is 0.325 e. The van der Waals surface area contributed by atoms with Crippen LogP contribution in [-0.2, 0) is 21.4 Å². The van der Waals surface area contributed by atoms with Gasteiger partial charge < -0.3 is 19.5 Å². The summed E-state index contributed by atoms with van der Waals surface area (Å²) < 4.78 is 6.75. The number of hydrogen-bond donors (Lipinski definition) is 1. The van der Waals surface area contributed by atoms with E-state index in [4.69, 9.17) is 0 Å². The Morgan fingerprint density at radius 1 is 0.943 bits per heavy atom. The van der Waals surface area contributed by atoms with Crippen molar-refractivity contribution in [2.75, 3.05) is 20.2 Å². The largest absolute Gasteiger partial charge is 0.468 e. The Hall–Kier alpha value is -4.39. The predicted octanol–water partition coefficient (Wildman–Crippen LogP) is 3.68. The quantitative estimate of drug-likeness (QED) is 0.439. The first-order chi connectivity index (χ1) is 17.0. The van der Waals surface area contributed by atoms with E-state index in [-0.39, 0.29) is 19.0 Å². The van der Waals surface area contributed by atoms with Crippen LogP contribution in [0.25, 0.3) is 22.2 Å². The summed E-state index contributed by atoms with van der Waals surface area (Å²) in [6, 6.07) is 25.1. The van der Waals surface area contributed by atoms with Crippen molar-refractivity contribution < 1.29 is 19.1 Å². The van der Waals surface area contributed by atoms with Crippen molar-refractivity contribution >= 4 is 28.7 Å². The smallest absolute Gasteiger partial charge is 0.325 e. The molecule has 1 N–H and O–H groups in total. The Morgan fingerprint density at radius 2 is 1.63 bits per heavy atom. The van der Waals surface area contributed by atoms with Crippen LogP contribution in [0.4, 0.5) is 0 Å². The van der Waals surface area contributed by atoms with Crippen LogP contribution in [0.1, 0.15) is 27.5 Å². The Balaban J connectivity index is 1.68. The zero-order chi connectivity index (χ0) is 24.5. The Labute approximate surface area is 202 Å². The van der Waals surface area contributed by atoms with E-state index in [0.717, 1.165) is 33.3 Å². The minimum absolute atomic E-state index is 0.188. The summed E-state index contributed by atoms with van der Waals surface area (Å²) in [6.07, 6.45) is 0. The molecule has 0 saturated carbocycles. The molecule has 5 rings (SSSR count). The summed E-state index contributed by atoms with van der Waals surface area (Å²) in [5.41, 5.74) is 5.44. The van der Waals surface area contributed by atoms with Crippen LogP contribution in [-0.4, -0.2) is 47.4 Å². The number of amides is 2. The molecule has 0 unspecified atom stereocenters. The number of nitrogens with one attached hydrogen (secondary N) is 1. The number of aryl methyl sites for hydroxylation is 1. The number of para-hydroxylation sites is 1. The van der Waals surface area contributed by atoms with Gasteiger partial charge in [-0.25, -0.2) is 0 Å². The molecule has 1 atom stereocenters. The zero-order valence-electron chi connectivity index (χ0n) is 19.5. The molecule has 2 amide bonds. The van der Waals surface area contributed by atoms with Crippen LogP contribution in [0.2, 0.25) is 0 Å². The van der Waals surface area contributed by atoms with Crippen molar-refractivity contribution in [2.24, 2.45) is 7.05 Å². The van der Waals surface area contributed by atoms with Gasteiger partial charge in [0.05, 0.1) is 18.8 Å². The lowest BCUT2D eigenvalue weighted by Crippen LogP contribution is -2.41. The molecular weight excluding hydrogens is 442 g/mol. The number of aromatic nitrogens is 1. The molecule has 0 saturated heterocycles. The van der Waals surface area contributed by atoms with Crippen molar-refractivity contribution in [2.45, 2.75) is 6.04 Å². The molecule has 1 aliphatic rings. The molecule has 0 bridgehead atoms. The van der Waals surface area contributed by atoms with Gasteiger partial charge in [-0.2, -0.15) is 0 Å². The molecule has 3 aromatic carbocycles. The van der Waals surface area contributed by atoms with Crippen LogP contribution < -0.4 is 5.32 Å². The number of carbonyl (C=O) groups excluding carboxylic acids is 3. The van der Waals surface area contributed by atoms with Gasteiger partial charge in [-0.1, -0.05) is 66.7 Å². The first-order valence-corrected chi connectivity index (χ1v) is 11.4. The average molecular weight is 468 g/mol. The number of fused-ring (bicyclic) bond motifs is 2. The van der Waals surface area contributed by atoms with E-state index in [2.05, 4.69) is 26.8 Å². The predicted molar refractivity (Wildman–Crippen MR) is 133 cm³/mol. The van der Waals surface area contributed by atoms with E-state index in [1.807, 2.05) is 67.7 Å². The van der Waals surface area contributed by atoms with E-state index >= 15 is 0 Å². The number of ether oxygens (including phenoxy) is 1. The number of rotatable bonds is 6. The second-order valence-electron chi connectivity index (χ2n) is 8.48. The van der Waals surface area contributed by atoms with Crippen LogP contribution in [0.3, 0.4) is 0 Å². The molecule has 1 aromatic heterocycles. The number of benzene rings is 3. The highest BCUT2D eigenvalue weighted by molar-refractivity contribution is 6.04. The van der Waals surface area contributed by atoms with Gasteiger partial charge in [0, 0.05) is 29.1 Å². The number of esters is 1. The highest BCUT2D eigenvalue weighted by Gasteiger charge is 2.41. The van der Waals surface area contributed by atoms with E-state index in [0.29, 0.717) is 5.56 Å². The zero-order valence-corrected chi connectivity index (χ0v) is 19.5. The van der Waals surface area contributed by atoms with Crippen LogP contribution in [0, 0.1) is 0 Å². The van der Waals surface area contributed by atoms with Gasteiger partial charge in [0.15, 0.2) is 0 Å². The highest BCUT2D eigenvalue weighted by Crippen LogP contribution is 2.46. The van der Waals surface area contributed by atoms with Crippen LogP contribution in [0.5, 0.6) is 0 Å². The molecular formula is C28H25N3O4. The van der Waals surface area contributed by atoms with Gasteiger partial charge >= 0.3 is 5.97 Å². The Bertz CT molecular complexity index is 1440. The third-order valence-corrected chi connectivity index (χ3v) is 6.50. The second kappa shape index (κ2) is 9.10. The van der Waals surface area contributed by atoms with Gasteiger partial charge in [0.1, 0.15) is 13.1 Å². The fourth-order valence-corrected chi connectivity index (χ4v) is 4.94. The maximum absolute atomic E-state index is 13.5. The molecule has 1 aliphatic heterocycles. The van der Waals surface area contributed by atoms with E-state index in [1.54, 1.807) is 11.0 Å². The number of hydrogen-bond acceptors (Lipinski definition) is 4. The van der Waals surface area contributed by atoms with Gasteiger partial charge in [0.2, 0.25) is 5.91 Å². The summed E-state index contributed by atoms with van der Waals surface area (Å²) in [5, 5.41) is 3.57. The molecule has 2 heterocycles. The molecule has 0 radical (unpaired) electrons. The third kappa shape index (κ3) is 3.85. The van der Waals surface area contributed by atoms with Gasteiger partial charge in [-0.05, 0) is 23.3 Å². The minimum Gasteiger partial charge on any atom is -0.468 e. The number of carbonyl (C=O) groups is 3. The lowest BCUT2D eigenvalue weighted by molar-refractivity contribution is -0.141. The lowest BCUT2D eigenvalue weighted by Gasteiger charge is -2.26. The van der Waals surface area contributed by atoms with Gasteiger partial charge in [0.25, 0.3) is 5.91 Å². The van der Waals surface area contributed by atoms with Crippen molar-refractivity contribution in [1.29, 1.82) is 0 Å². The molecule has 35 heavy (non-hydrogen) atoms. The molecule has 0 aliphatic carbocycles. The average Bonchev–Trinajstić information content (AvgIpc) is 3.33. The van der Waals surface area contributed by atoms with E-state index in [9.17, 15) is 14.4 Å². The maximum atomic E-state index is 13.5. The summed E-state index contributed by atoms with van der Waals surface area (Å²) in [4.78, 5) is 39.4. The summed E-state index contributed by atoms with van der Waals surface area (Å²) >= 11 is 0. The molecule has 176 valence electrons. The van der Waals surface area contributed by atoms with Gasteiger partial charge in [-0.3, -0.25) is 14.4 Å². The Morgan fingerprint density at radius 3 is 2.40 bits per heavy atom. The first kappa shape index (κ1) is 22.4. The van der Waals surface area contributed by atoms with Crippen molar-refractivity contribution in [1.82, 2.24) is 14.8 Å². The van der Waals surface area contributed by atoms with Crippen molar-refractivity contribution in [3.05, 3.63) is 95.6 Å². The fraction of sp³-hybridized carbons (Fsp3) is 0.179. The summed E-state index contributed by atoms with van der Waals surface area (Å²) in [6.45, 7) is -0.439. The third-order valence-electron chi connectivity index (χ3n) is 6.50. The van der Waals surface area contributed by atoms with Gasteiger partial charge in [-0.15, -0.1) is 0 Å². The fourth-order valence-electron chi connectivity index (χ4n) is 4.94. The van der Waals surface area contributed by atoms with E-state index < -0.39 is 17.9 Å². The molecule has 7 nitrogen and oxygen atoms in total. The topological polar surface area (TPSA) is 80.6 Å². The normalized spacial score (nSPS) is 14.7. The first-order valence-electron chi connectivity index (χ1n) is 11.4. The lowest BCUT2D eigenvalue weighted by atomic mass is 9.93. The summed E-state index contributed by atoms with van der Waals surface area (Å²) in [5.74, 6) is -1.19. The number of methoxy groups -OCH3 is 1. The molecule has 0 spiro atoms. The Kier molecular flexibility index (Phi) is 5.82. The van der Waals surface area contributed by atoms with Crippen LogP contribution >= 0.6 is 0 Å².